The molecule has 0 nitrogen and oxygen atoms in total. The first-order chi connectivity index (χ1) is 2.56. The quantitative estimate of drug-likeness (QED) is 0.454. The van der Waals surface area contributed by atoms with Crippen LogP contribution in [0.4, 0.5) is 0 Å². The summed E-state index contributed by atoms with van der Waals surface area (Å²) in [6, 6.07) is 0. The van der Waals surface area contributed by atoms with Gasteiger partial charge < -0.3 is 0 Å². The Balaban J connectivity index is 3.17. The largest absolute Gasteiger partial charge is 0.121 e. The summed E-state index contributed by atoms with van der Waals surface area (Å²) in [7, 11) is 1.14. The Kier molecular flexibility index (Phi) is 2.15. The molecule has 0 aromatic rings. The summed E-state index contributed by atoms with van der Waals surface area (Å²) in [5.74, 6) is 1.72. The molecule has 0 saturated heterocycles. The van der Waals surface area contributed by atoms with Crippen molar-refractivity contribution in [2.45, 2.75) is 18.9 Å². The van der Waals surface area contributed by atoms with Crippen LogP contribution in [0.3, 0.4) is 0 Å². The molecule has 0 saturated carbocycles. The van der Waals surface area contributed by atoms with Crippen LogP contribution >= 0.6 is 11.6 Å². The van der Waals surface area contributed by atoms with E-state index < -0.39 is 0 Å². The van der Waals surface area contributed by atoms with Crippen LogP contribution in [0.2, 0.25) is 5.04 Å². The summed E-state index contributed by atoms with van der Waals surface area (Å²) < 4.78 is 0. The second-order valence-electron chi connectivity index (χ2n) is 2.48. The molecule has 37 valence electrons. The second-order valence-corrected chi connectivity index (χ2v) is 5.27. The molecule has 0 spiro atoms. The average Bonchev–Trinajstić information content (AvgIpc) is 1.35. The Labute approximate surface area is 47.3 Å². The van der Waals surface area contributed by atoms with Crippen molar-refractivity contribution in [2.75, 3.05) is 0 Å². The van der Waals surface area contributed by atoms with Gasteiger partial charge in [0.1, 0.15) is 0 Å². The third-order valence-electron chi connectivity index (χ3n) is 0.327. The van der Waals surface area contributed by atoms with Crippen LogP contribution in [0.15, 0.2) is 0 Å². The van der Waals surface area contributed by atoms with Crippen molar-refractivity contribution in [2.24, 2.45) is 0 Å². The zero-order valence-electron chi connectivity index (χ0n) is 4.46. The van der Waals surface area contributed by atoms with Crippen molar-refractivity contribution >= 4 is 21.8 Å². The van der Waals surface area contributed by atoms with Crippen molar-refractivity contribution in [3.8, 4) is 0 Å². The van der Waals surface area contributed by atoms with Crippen LogP contribution in [0.25, 0.3) is 0 Å². The van der Waals surface area contributed by atoms with Gasteiger partial charge in [-0.2, -0.15) is 0 Å². The fourth-order valence-corrected chi connectivity index (χ4v) is 0. The van der Waals surface area contributed by atoms with E-state index in [4.69, 9.17) is 11.6 Å². The summed E-state index contributed by atoms with van der Waals surface area (Å²) in [4.78, 5) is 0. The van der Waals surface area contributed by atoms with Gasteiger partial charge in [-0.05, 0) is 5.04 Å². The fraction of sp³-hybridized carbons (Fsp3) is 0.750. The Morgan fingerprint density at radius 3 is 1.83 bits per heavy atom. The first-order valence-electron chi connectivity index (χ1n) is 2.01. The van der Waals surface area contributed by atoms with Gasteiger partial charge >= 0.3 is 0 Å². The van der Waals surface area contributed by atoms with Crippen LogP contribution in [0.5, 0.6) is 0 Å². The van der Waals surface area contributed by atoms with E-state index in [2.05, 4.69) is 13.8 Å². The molecule has 0 rings (SSSR count). The maximum atomic E-state index is 5.39. The predicted octanol–water partition coefficient (Wildman–Crippen LogP) is 0.951. The molecule has 6 heavy (non-hydrogen) atoms. The van der Waals surface area contributed by atoms with Gasteiger partial charge in [0.05, 0.1) is 5.88 Å². The summed E-state index contributed by atoms with van der Waals surface area (Å²) in [5, 5.41) is 0.321. The van der Waals surface area contributed by atoms with Crippen LogP contribution in [0.1, 0.15) is 13.8 Å². The minimum atomic E-state index is 0.321. The lowest BCUT2D eigenvalue weighted by molar-refractivity contribution is 0.838. The molecular formula is C4H10ClSi. The summed E-state index contributed by atoms with van der Waals surface area (Å²) in [5.41, 5.74) is 0. The van der Waals surface area contributed by atoms with Crippen molar-refractivity contribution in [3.63, 3.8) is 0 Å². The van der Waals surface area contributed by atoms with Gasteiger partial charge in [-0.3, -0.25) is 0 Å². The molecular weight excluding hydrogens is 112 g/mol. The lowest BCUT2D eigenvalue weighted by Crippen LogP contribution is -1.96. The van der Waals surface area contributed by atoms with E-state index in [9.17, 15) is 0 Å². The van der Waals surface area contributed by atoms with Gasteiger partial charge in [-0.1, -0.05) is 13.8 Å². The van der Waals surface area contributed by atoms with Crippen molar-refractivity contribution in [1.82, 2.24) is 0 Å². The average molecular weight is 122 g/mol. The first kappa shape index (κ1) is 6.51. The molecule has 0 aliphatic heterocycles. The van der Waals surface area contributed by atoms with E-state index in [-0.39, 0.29) is 0 Å². The minimum absolute atomic E-state index is 0.321. The SMILES string of the molecule is CC(C)([SiH3])[CH]Cl. The van der Waals surface area contributed by atoms with Gasteiger partial charge in [0.15, 0.2) is 0 Å². The highest BCUT2D eigenvalue weighted by Gasteiger charge is 2.06. The Morgan fingerprint density at radius 1 is 1.67 bits per heavy atom. The molecule has 0 atom stereocenters. The molecule has 0 aromatic heterocycles. The van der Waals surface area contributed by atoms with Crippen molar-refractivity contribution in [1.29, 1.82) is 0 Å². The Bertz CT molecular complexity index is 37.3. The van der Waals surface area contributed by atoms with E-state index in [0.717, 1.165) is 10.2 Å². The van der Waals surface area contributed by atoms with Gasteiger partial charge in [-0.25, -0.2) is 0 Å². The molecule has 0 fully saturated rings. The van der Waals surface area contributed by atoms with E-state index in [1.165, 1.54) is 0 Å². The van der Waals surface area contributed by atoms with E-state index in [1.54, 1.807) is 5.88 Å². The van der Waals surface area contributed by atoms with E-state index >= 15 is 0 Å². The molecule has 0 bridgehead atoms. The maximum Gasteiger partial charge on any atom is 0.0520 e. The summed E-state index contributed by atoms with van der Waals surface area (Å²) in [6.45, 7) is 4.23. The molecule has 0 aliphatic rings. The standard InChI is InChI=1S/C4H10ClSi/c1-4(2,6)3-5/h3H,1-2,6H3. The van der Waals surface area contributed by atoms with Crippen LogP contribution in [0, 0.1) is 5.88 Å². The summed E-state index contributed by atoms with van der Waals surface area (Å²) in [6.07, 6.45) is 0. The van der Waals surface area contributed by atoms with Crippen molar-refractivity contribution in [3.05, 3.63) is 5.88 Å². The van der Waals surface area contributed by atoms with Gasteiger partial charge in [-0.15, -0.1) is 11.6 Å². The smallest absolute Gasteiger partial charge is 0.0520 e. The Hall–Kier alpha value is 0.507. The molecule has 0 aromatic carbocycles. The number of hydrogen-bond donors (Lipinski definition) is 0. The van der Waals surface area contributed by atoms with Gasteiger partial charge in [0, 0.05) is 10.2 Å². The third-order valence-corrected chi connectivity index (χ3v) is 1.64. The maximum absolute atomic E-state index is 5.39. The Morgan fingerprint density at radius 2 is 1.83 bits per heavy atom. The third kappa shape index (κ3) is 4.51. The highest BCUT2D eigenvalue weighted by atomic mass is 35.5. The summed E-state index contributed by atoms with van der Waals surface area (Å²) >= 11 is 5.39. The van der Waals surface area contributed by atoms with Crippen molar-refractivity contribution < 1.29 is 0 Å². The van der Waals surface area contributed by atoms with Crippen LogP contribution < -0.4 is 0 Å². The second kappa shape index (κ2) is 1.98. The van der Waals surface area contributed by atoms with E-state index in [1.807, 2.05) is 0 Å². The number of rotatable bonds is 1. The van der Waals surface area contributed by atoms with E-state index in [0.29, 0.717) is 5.04 Å². The zero-order valence-corrected chi connectivity index (χ0v) is 7.21. The van der Waals surface area contributed by atoms with Crippen LogP contribution in [-0.2, 0) is 0 Å². The molecule has 0 N–H and O–H groups in total. The molecule has 0 unspecified atom stereocenters. The number of halogens is 1. The molecule has 0 heterocycles. The predicted molar refractivity (Wildman–Crippen MR) is 34.1 cm³/mol. The topological polar surface area (TPSA) is 0 Å². The number of hydrogen-bond acceptors (Lipinski definition) is 0. The highest BCUT2D eigenvalue weighted by molar-refractivity contribution is 6.30. The highest BCUT2D eigenvalue weighted by Crippen LogP contribution is 2.23. The minimum Gasteiger partial charge on any atom is -0.121 e. The van der Waals surface area contributed by atoms with Gasteiger partial charge in [0.2, 0.25) is 0 Å². The molecule has 1 radical (unpaired) electrons. The first-order valence-corrected chi connectivity index (χ1v) is 3.44. The molecule has 2 heteroatoms. The molecule has 0 aliphatic carbocycles. The molecule has 0 amide bonds. The monoisotopic (exact) mass is 121 g/mol. The fourth-order valence-electron chi connectivity index (χ4n) is 0. The van der Waals surface area contributed by atoms with Gasteiger partial charge in [0.25, 0.3) is 0 Å². The lowest BCUT2D eigenvalue weighted by Gasteiger charge is -2.10. The normalized spacial score (nSPS) is 12.5. The zero-order chi connectivity index (χ0) is 5.21. The lowest BCUT2D eigenvalue weighted by atomic mass is 10.2. The van der Waals surface area contributed by atoms with Crippen LogP contribution in [-0.4, -0.2) is 10.2 Å².